The number of benzene rings is 1. The Kier molecular flexibility index (Phi) is 2.81. The van der Waals surface area contributed by atoms with Crippen LogP contribution < -0.4 is 5.23 Å². The Balaban J connectivity index is 3.12. The number of quaternary nitrogens is 1. The second kappa shape index (κ2) is 3.67. The van der Waals surface area contributed by atoms with Gasteiger partial charge in [0.15, 0.2) is 5.69 Å². The molecular formula is C9H13NO2. The molecule has 66 valence electrons. The van der Waals surface area contributed by atoms with Crippen molar-refractivity contribution >= 4 is 5.69 Å². The van der Waals surface area contributed by atoms with Crippen LogP contribution in [0.4, 0.5) is 5.69 Å². The van der Waals surface area contributed by atoms with Gasteiger partial charge >= 0.3 is 0 Å². The van der Waals surface area contributed by atoms with Crippen molar-refractivity contribution in [3.63, 3.8) is 0 Å². The first kappa shape index (κ1) is 9.19. The first-order chi connectivity index (χ1) is 5.65. The first-order valence-corrected chi connectivity index (χ1v) is 3.98. The maximum atomic E-state index is 10.7. The van der Waals surface area contributed by atoms with Gasteiger partial charge in [0.2, 0.25) is 0 Å². The molecule has 0 bridgehead atoms. The van der Waals surface area contributed by atoms with E-state index >= 15 is 0 Å². The van der Waals surface area contributed by atoms with Gasteiger partial charge in [0, 0.05) is 11.6 Å². The molecule has 0 saturated heterocycles. The SMILES string of the molecule is CCc1ccc(C)cc1[NH+]([O-])O. The molecule has 0 radical (unpaired) electrons. The Morgan fingerprint density at radius 2 is 2.17 bits per heavy atom. The molecule has 2 N–H and O–H groups in total. The lowest BCUT2D eigenvalue weighted by atomic mass is 10.1. The van der Waals surface area contributed by atoms with E-state index in [1.54, 1.807) is 6.07 Å². The maximum Gasteiger partial charge on any atom is 0.167 e. The van der Waals surface area contributed by atoms with E-state index in [1.165, 1.54) is 0 Å². The average Bonchev–Trinajstić information content (AvgIpc) is 2.04. The summed E-state index contributed by atoms with van der Waals surface area (Å²) in [6.45, 7) is 3.85. The number of aryl methyl sites for hydroxylation is 2. The van der Waals surface area contributed by atoms with Crippen LogP contribution in [0.25, 0.3) is 0 Å². The molecule has 12 heavy (non-hydrogen) atoms. The number of nitrogens with one attached hydrogen (secondary N) is 1. The fraction of sp³-hybridized carbons (Fsp3) is 0.333. The van der Waals surface area contributed by atoms with E-state index in [0.717, 1.165) is 17.5 Å². The van der Waals surface area contributed by atoms with Crippen LogP contribution in [0, 0.1) is 12.1 Å². The molecule has 0 aliphatic heterocycles. The summed E-state index contributed by atoms with van der Waals surface area (Å²) in [5, 5.41) is 18.7. The lowest BCUT2D eigenvalue weighted by molar-refractivity contribution is -0.991. The molecule has 1 rings (SSSR count). The van der Waals surface area contributed by atoms with Crippen LogP contribution in [0.3, 0.4) is 0 Å². The molecule has 0 aliphatic rings. The van der Waals surface area contributed by atoms with E-state index in [4.69, 9.17) is 5.21 Å². The predicted octanol–water partition coefficient (Wildman–Crippen LogP) is 0.961. The highest BCUT2D eigenvalue weighted by Crippen LogP contribution is 2.13. The molecule has 1 aromatic rings. The zero-order valence-corrected chi connectivity index (χ0v) is 7.29. The van der Waals surface area contributed by atoms with Gasteiger partial charge < -0.3 is 5.21 Å². The zero-order valence-electron chi connectivity index (χ0n) is 7.29. The molecule has 1 atom stereocenters. The lowest BCUT2D eigenvalue weighted by Gasteiger charge is -2.15. The highest BCUT2D eigenvalue weighted by Gasteiger charge is 2.06. The van der Waals surface area contributed by atoms with Crippen molar-refractivity contribution in [2.45, 2.75) is 20.3 Å². The molecule has 0 aliphatic carbocycles. The monoisotopic (exact) mass is 167 g/mol. The van der Waals surface area contributed by atoms with Gasteiger partial charge in [-0.1, -0.05) is 19.1 Å². The fourth-order valence-corrected chi connectivity index (χ4v) is 1.20. The summed E-state index contributed by atoms with van der Waals surface area (Å²) in [6.07, 6.45) is 0.766. The molecule has 3 nitrogen and oxygen atoms in total. The van der Waals surface area contributed by atoms with Crippen molar-refractivity contribution < 1.29 is 10.4 Å². The second-order valence-electron chi connectivity index (χ2n) is 2.82. The van der Waals surface area contributed by atoms with Gasteiger partial charge in [-0.3, -0.25) is 0 Å². The molecule has 1 aromatic carbocycles. The van der Waals surface area contributed by atoms with E-state index in [2.05, 4.69) is 0 Å². The number of hydrogen-bond donors (Lipinski definition) is 2. The molecule has 0 aromatic heterocycles. The first-order valence-electron chi connectivity index (χ1n) is 3.98. The Morgan fingerprint density at radius 1 is 1.50 bits per heavy atom. The zero-order chi connectivity index (χ0) is 9.14. The van der Waals surface area contributed by atoms with Gasteiger partial charge in [0.05, 0.1) is 0 Å². The molecule has 1 unspecified atom stereocenters. The van der Waals surface area contributed by atoms with Gasteiger partial charge in [0.1, 0.15) is 0 Å². The molecular weight excluding hydrogens is 154 g/mol. The quantitative estimate of drug-likeness (QED) is 0.644. The van der Waals surface area contributed by atoms with Crippen LogP contribution in [0.1, 0.15) is 18.1 Å². The smallest absolute Gasteiger partial charge is 0.167 e. The Morgan fingerprint density at radius 3 is 2.67 bits per heavy atom. The largest absolute Gasteiger partial charge is 0.595 e. The number of rotatable bonds is 2. The topological polar surface area (TPSA) is 47.7 Å². The van der Waals surface area contributed by atoms with Crippen LogP contribution in [0.15, 0.2) is 18.2 Å². The van der Waals surface area contributed by atoms with Crippen molar-refractivity contribution in [3.8, 4) is 0 Å². The minimum atomic E-state index is -0.837. The van der Waals surface area contributed by atoms with E-state index in [1.807, 2.05) is 26.0 Å². The highest BCUT2D eigenvalue weighted by molar-refractivity contribution is 5.42. The summed E-state index contributed by atoms with van der Waals surface area (Å²) < 4.78 is 0. The Hall–Kier alpha value is -0.900. The van der Waals surface area contributed by atoms with Crippen LogP contribution in [-0.2, 0) is 6.42 Å². The van der Waals surface area contributed by atoms with Crippen molar-refractivity contribution in [3.05, 3.63) is 34.5 Å². The van der Waals surface area contributed by atoms with Gasteiger partial charge in [-0.25, -0.2) is 5.21 Å². The van der Waals surface area contributed by atoms with Gasteiger partial charge in [-0.05, 0) is 18.9 Å². The number of hydrogen-bond acceptors (Lipinski definition) is 2. The van der Waals surface area contributed by atoms with Crippen LogP contribution in [0.2, 0.25) is 0 Å². The molecule has 3 heteroatoms. The summed E-state index contributed by atoms with van der Waals surface area (Å²) in [5.41, 5.74) is 2.32. The van der Waals surface area contributed by atoms with Gasteiger partial charge in [-0.2, -0.15) is 5.23 Å². The summed E-state index contributed by atoms with van der Waals surface area (Å²) >= 11 is 0. The minimum Gasteiger partial charge on any atom is -0.595 e. The molecule has 0 spiro atoms. The van der Waals surface area contributed by atoms with E-state index < -0.39 is 5.23 Å². The van der Waals surface area contributed by atoms with Gasteiger partial charge in [0.25, 0.3) is 0 Å². The van der Waals surface area contributed by atoms with Crippen molar-refractivity contribution in [1.82, 2.24) is 0 Å². The summed E-state index contributed by atoms with van der Waals surface area (Å²) in [5.74, 6) is 0. The minimum absolute atomic E-state index is 0.428. The van der Waals surface area contributed by atoms with E-state index in [-0.39, 0.29) is 0 Å². The highest BCUT2D eigenvalue weighted by atomic mass is 16.8. The lowest BCUT2D eigenvalue weighted by Crippen LogP contribution is -2.99. The predicted molar refractivity (Wildman–Crippen MR) is 46.3 cm³/mol. The van der Waals surface area contributed by atoms with Crippen molar-refractivity contribution in [2.75, 3.05) is 0 Å². The fourth-order valence-electron chi connectivity index (χ4n) is 1.20. The van der Waals surface area contributed by atoms with Crippen LogP contribution >= 0.6 is 0 Å². The van der Waals surface area contributed by atoms with Crippen molar-refractivity contribution in [1.29, 1.82) is 0 Å². The van der Waals surface area contributed by atoms with Gasteiger partial charge in [-0.15, -0.1) is 0 Å². The summed E-state index contributed by atoms with van der Waals surface area (Å²) in [7, 11) is 0. The maximum absolute atomic E-state index is 10.7. The van der Waals surface area contributed by atoms with E-state index in [9.17, 15) is 5.21 Å². The average molecular weight is 167 g/mol. The second-order valence-corrected chi connectivity index (χ2v) is 2.82. The third kappa shape index (κ3) is 1.82. The standard InChI is InChI=1S/C9H13NO2/c1-3-8-5-4-7(2)6-9(8)10(11)12/h4-6,10-11H,3H2,1-2H3. The Bertz CT molecular complexity index is 271. The normalized spacial score (nSPS) is 13.0. The van der Waals surface area contributed by atoms with E-state index in [0.29, 0.717) is 5.69 Å². The summed E-state index contributed by atoms with van der Waals surface area (Å²) in [4.78, 5) is 0. The summed E-state index contributed by atoms with van der Waals surface area (Å²) in [6, 6.07) is 5.52. The molecule has 0 amide bonds. The molecule has 0 heterocycles. The van der Waals surface area contributed by atoms with Crippen LogP contribution in [0.5, 0.6) is 0 Å². The molecule has 0 fully saturated rings. The Labute approximate surface area is 71.8 Å². The molecule has 0 saturated carbocycles. The van der Waals surface area contributed by atoms with Crippen molar-refractivity contribution in [2.24, 2.45) is 0 Å². The third-order valence-electron chi connectivity index (χ3n) is 1.88. The third-order valence-corrected chi connectivity index (χ3v) is 1.88. The van der Waals surface area contributed by atoms with Crippen LogP contribution in [-0.4, -0.2) is 5.21 Å².